The van der Waals surface area contributed by atoms with Gasteiger partial charge in [0.1, 0.15) is 12.6 Å². The summed E-state index contributed by atoms with van der Waals surface area (Å²) in [6, 6.07) is 24.6. The van der Waals surface area contributed by atoms with Crippen molar-refractivity contribution >= 4 is 36.1 Å². The van der Waals surface area contributed by atoms with Gasteiger partial charge in [0, 0.05) is 17.7 Å². The Labute approximate surface area is 162 Å². The van der Waals surface area contributed by atoms with Crippen LogP contribution in [-0.4, -0.2) is 12.6 Å². The van der Waals surface area contributed by atoms with Crippen molar-refractivity contribution in [2.24, 2.45) is 0 Å². The second-order valence-electron chi connectivity index (χ2n) is 5.83. The van der Waals surface area contributed by atoms with Gasteiger partial charge >= 0.3 is 0 Å². The van der Waals surface area contributed by atoms with E-state index in [1.54, 1.807) is 0 Å². The number of benzene rings is 3. The van der Waals surface area contributed by atoms with Crippen molar-refractivity contribution in [3.63, 3.8) is 0 Å². The van der Waals surface area contributed by atoms with Crippen LogP contribution in [-0.2, 0) is 33.3 Å². The van der Waals surface area contributed by atoms with Gasteiger partial charge in [0.15, 0.2) is 14.7 Å². The van der Waals surface area contributed by atoms with Gasteiger partial charge in [-0.2, -0.15) is 0 Å². The molecule has 130 valence electrons. The zero-order valence-corrected chi connectivity index (χ0v) is 15.9. The molecule has 0 radical (unpaired) electrons. The number of hydrogen-bond acceptors (Lipinski definition) is 3. The summed E-state index contributed by atoms with van der Waals surface area (Å²) in [6.07, 6.45) is 2.71. The zero-order chi connectivity index (χ0) is 18.4. The Balaban J connectivity index is 2.02. The van der Waals surface area contributed by atoms with Crippen LogP contribution in [0.2, 0.25) is 0 Å². The van der Waals surface area contributed by atoms with Crippen molar-refractivity contribution in [3.05, 3.63) is 83.9 Å². The molecule has 0 aliphatic heterocycles. The highest BCUT2D eigenvalue weighted by atomic mass is 32.2. The minimum absolute atomic E-state index is 0.258. The lowest BCUT2D eigenvalue weighted by molar-refractivity contribution is -0.108. The Morgan fingerprint density at radius 1 is 0.615 bits per heavy atom. The summed E-state index contributed by atoms with van der Waals surface area (Å²) in [5, 5.41) is 0. The van der Waals surface area contributed by atoms with Crippen LogP contribution in [0.3, 0.4) is 0 Å². The molecule has 26 heavy (non-hydrogen) atoms. The summed E-state index contributed by atoms with van der Waals surface area (Å²) in [5.41, 5.74) is 2.03. The topological polar surface area (TPSA) is 34.1 Å². The first-order valence-corrected chi connectivity index (χ1v) is 9.97. The van der Waals surface area contributed by atoms with Crippen LogP contribution in [0.15, 0.2) is 92.4 Å². The third kappa shape index (κ3) is 4.45. The van der Waals surface area contributed by atoms with Gasteiger partial charge in [-0.3, -0.25) is 0 Å². The van der Waals surface area contributed by atoms with Crippen LogP contribution in [0.4, 0.5) is 0 Å². The molecule has 0 aromatic heterocycles. The van der Waals surface area contributed by atoms with Crippen LogP contribution in [0.25, 0.3) is 0 Å². The largest absolute Gasteiger partial charge is 0.303 e. The van der Waals surface area contributed by atoms with Gasteiger partial charge in [-0.15, -0.1) is 12.6 Å². The van der Waals surface area contributed by atoms with E-state index < -0.39 is 0 Å². The van der Waals surface area contributed by atoms with E-state index in [0.717, 1.165) is 28.6 Å². The van der Waals surface area contributed by atoms with Crippen molar-refractivity contribution in [1.29, 1.82) is 0 Å². The SMILES string of the molecule is O=CCc1ccc([S+](c2ccc(S)cc2)c2ccc(CC=O)cc2)cc1. The van der Waals surface area contributed by atoms with Crippen LogP contribution < -0.4 is 0 Å². The summed E-state index contributed by atoms with van der Waals surface area (Å²) in [6.45, 7) is 0. The van der Waals surface area contributed by atoms with Crippen LogP contribution in [0.5, 0.6) is 0 Å². The predicted molar refractivity (Wildman–Crippen MR) is 108 cm³/mol. The monoisotopic (exact) mass is 379 g/mol. The summed E-state index contributed by atoms with van der Waals surface area (Å²) >= 11 is 4.39. The molecule has 2 nitrogen and oxygen atoms in total. The molecule has 3 aromatic carbocycles. The Morgan fingerprint density at radius 2 is 0.962 bits per heavy atom. The summed E-state index contributed by atoms with van der Waals surface area (Å²) in [7, 11) is -0.258. The van der Waals surface area contributed by atoms with Gasteiger partial charge in [-0.25, -0.2) is 0 Å². The second-order valence-corrected chi connectivity index (χ2v) is 8.37. The van der Waals surface area contributed by atoms with Crippen LogP contribution in [0, 0.1) is 0 Å². The lowest BCUT2D eigenvalue weighted by Crippen LogP contribution is -2.05. The standard InChI is InChI=1S/C22H18O2S2/c23-15-13-17-1-7-20(8-2-17)26(22-11-5-19(25)6-12-22)21-9-3-18(4-10-21)14-16-24/h1-12,15-16H,13-14H2/p+1. The van der Waals surface area contributed by atoms with Crippen molar-refractivity contribution < 1.29 is 9.59 Å². The van der Waals surface area contributed by atoms with Gasteiger partial charge < -0.3 is 9.59 Å². The lowest BCUT2D eigenvalue weighted by atomic mass is 10.2. The summed E-state index contributed by atoms with van der Waals surface area (Å²) < 4.78 is 0. The van der Waals surface area contributed by atoms with Gasteiger partial charge in [0.2, 0.25) is 0 Å². The Kier molecular flexibility index (Phi) is 6.31. The number of carbonyl (C=O) groups is 2. The quantitative estimate of drug-likeness (QED) is 0.371. The van der Waals surface area contributed by atoms with E-state index in [2.05, 4.69) is 49.0 Å². The van der Waals surface area contributed by atoms with E-state index in [1.807, 2.05) is 36.4 Å². The number of aldehydes is 2. The molecule has 0 heterocycles. The van der Waals surface area contributed by atoms with Gasteiger partial charge in [-0.05, 0) is 59.7 Å². The van der Waals surface area contributed by atoms with Gasteiger partial charge in [0.25, 0.3) is 0 Å². The maximum Gasteiger partial charge on any atom is 0.166 e. The maximum atomic E-state index is 10.7. The third-order valence-electron chi connectivity index (χ3n) is 4.03. The second kappa shape index (κ2) is 8.88. The molecule has 0 unspecified atom stereocenters. The maximum absolute atomic E-state index is 10.7. The Morgan fingerprint density at radius 3 is 1.31 bits per heavy atom. The lowest BCUT2D eigenvalue weighted by Gasteiger charge is -2.09. The fraction of sp³-hybridized carbons (Fsp3) is 0.0909. The van der Waals surface area contributed by atoms with Crippen molar-refractivity contribution in [2.45, 2.75) is 32.4 Å². The molecule has 0 aliphatic carbocycles. The molecule has 0 atom stereocenters. The highest BCUT2D eigenvalue weighted by Gasteiger charge is 2.28. The molecule has 0 saturated heterocycles. The minimum Gasteiger partial charge on any atom is -0.303 e. The molecule has 0 bridgehead atoms. The number of hydrogen-bond donors (Lipinski definition) is 1. The van der Waals surface area contributed by atoms with E-state index in [0.29, 0.717) is 12.8 Å². The van der Waals surface area contributed by atoms with Crippen LogP contribution in [0.1, 0.15) is 11.1 Å². The summed E-state index contributed by atoms with van der Waals surface area (Å²) in [4.78, 5) is 26.0. The first kappa shape index (κ1) is 18.5. The van der Waals surface area contributed by atoms with E-state index in [9.17, 15) is 9.59 Å². The van der Waals surface area contributed by atoms with Gasteiger partial charge in [0.05, 0.1) is 10.9 Å². The number of rotatable bonds is 7. The smallest absolute Gasteiger partial charge is 0.166 e. The first-order chi connectivity index (χ1) is 12.7. The Hall–Kier alpha value is -2.30. The molecule has 0 saturated carbocycles. The molecule has 3 aromatic rings. The molecule has 3 rings (SSSR count). The van der Waals surface area contributed by atoms with Crippen LogP contribution >= 0.6 is 12.6 Å². The molecule has 0 fully saturated rings. The highest BCUT2D eigenvalue weighted by Crippen LogP contribution is 2.32. The van der Waals surface area contributed by atoms with E-state index in [-0.39, 0.29) is 10.9 Å². The molecule has 0 aliphatic rings. The third-order valence-corrected chi connectivity index (χ3v) is 6.56. The summed E-state index contributed by atoms with van der Waals surface area (Å²) in [5.74, 6) is 0. The Bertz CT molecular complexity index is 816. The first-order valence-electron chi connectivity index (χ1n) is 8.30. The number of thiol groups is 1. The van der Waals surface area contributed by atoms with Crippen molar-refractivity contribution in [1.82, 2.24) is 0 Å². The average Bonchev–Trinajstić information content (AvgIpc) is 2.67. The molecule has 0 N–H and O–H groups in total. The highest BCUT2D eigenvalue weighted by molar-refractivity contribution is 7.97. The van der Waals surface area contributed by atoms with Gasteiger partial charge in [-0.1, -0.05) is 24.3 Å². The normalized spacial score (nSPS) is 10.7. The zero-order valence-electron chi connectivity index (χ0n) is 14.2. The van der Waals surface area contributed by atoms with E-state index in [1.165, 1.54) is 14.7 Å². The van der Waals surface area contributed by atoms with E-state index in [4.69, 9.17) is 0 Å². The van der Waals surface area contributed by atoms with E-state index >= 15 is 0 Å². The van der Waals surface area contributed by atoms with Crippen molar-refractivity contribution in [3.8, 4) is 0 Å². The number of carbonyl (C=O) groups excluding carboxylic acids is 2. The average molecular weight is 380 g/mol. The molecular weight excluding hydrogens is 360 g/mol. The minimum atomic E-state index is -0.258. The fourth-order valence-electron chi connectivity index (χ4n) is 2.71. The molecule has 4 heteroatoms. The molecular formula is C22H19O2S2+. The molecule has 0 spiro atoms. The predicted octanol–water partition coefficient (Wildman–Crippen LogP) is 4.55. The molecule has 0 amide bonds. The van der Waals surface area contributed by atoms with Crippen molar-refractivity contribution in [2.75, 3.05) is 0 Å². The fourth-order valence-corrected chi connectivity index (χ4v) is 4.90.